The maximum absolute atomic E-state index is 5.99. The monoisotopic (exact) mass is 291 g/mol. The highest BCUT2D eigenvalue weighted by Gasteiger charge is 2.13. The molecule has 0 aliphatic heterocycles. The van der Waals surface area contributed by atoms with E-state index in [9.17, 15) is 0 Å². The van der Waals surface area contributed by atoms with Crippen molar-refractivity contribution in [1.29, 1.82) is 0 Å². The first-order valence-electron chi connectivity index (χ1n) is 5.83. The summed E-state index contributed by atoms with van der Waals surface area (Å²) in [6.45, 7) is 4.50. The fourth-order valence-electron chi connectivity index (χ4n) is 1.57. The molecule has 0 radical (unpaired) electrons. The van der Waals surface area contributed by atoms with Gasteiger partial charge in [-0.3, -0.25) is 0 Å². The van der Waals surface area contributed by atoms with Gasteiger partial charge in [-0.15, -0.1) is 11.8 Å². The lowest BCUT2D eigenvalue weighted by Crippen LogP contribution is -2.34. The van der Waals surface area contributed by atoms with Crippen molar-refractivity contribution >= 4 is 35.0 Å². The van der Waals surface area contributed by atoms with Crippen molar-refractivity contribution in [2.75, 3.05) is 12.8 Å². The standard InChI is InChI=1S/C13H19Cl2NS/c1-4-9(2)13(16-3)8-17-10-5-6-11(14)12(15)7-10/h5-7,9,13,16H,4,8H2,1-3H3. The third-order valence-electron chi connectivity index (χ3n) is 3.02. The van der Waals surface area contributed by atoms with Crippen molar-refractivity contribution in [2.45, 2.75) is 31.2 Å². The van der Waals surface area contributed by atoms with E-state index in [-0.39, 0.29) is 0 Å². The first-order valence-corrected chi connectivity index (χ1v) is 7.57. The number of hydrogen-bond donors (Lipinski definition) is 1. The van der Waals surface area contributed by atoms with Gasteiger partial charge in [0, 0.05) is 16.7 Å². The molecule has 17 heavy (non-hydrogen) atoms. The minimum absolute atomic E-state index is 0.527. The molecule has 4 heteroatoms. The van der Waals surface area contributed by atoms with Gasteiger partial charge in [-0.25, -0.2) is 0 Å². The lowest BCUT2D eigenvalue weighted by molar-refractivity contribution is 0.420. The molecule has 1 rings (SSSR count). The second-order valence-electron chi connectivity index (χ2n) is 4.17. The summed E-state index contributed by atoms with van der Waals surface area (Å²) in [7, 11) is 2.02. The Hall–Kier alpha value is 0.110. The molecule has 1 aromatic rings. The molecule has 0 spiro atoms. The Morgan fingerprint density at radius 3 is 2.53 bits per heavy atom. The van der Waals surface area contributed by atoms with E-state index in [2.05, 4.69) is 19.2 Å². The Balaban J connectivity index is 2.56. The van der Waals surface area contributed by atoms with E-state index >= 15 is 0 Å². The normalized spacial score (nSPS) is 14.6. The fraction of sp³-hybridized carbons (Fsp3) is 0.538. The minimum atomic E-state index is 0.527. The Bertz CT molecular complexity index is 357. The number of thioether (sulfide) groups is 1. The molecular weight excluding hydrogens is 273 g/mol. The molecule has 1 nitrogen and oxygen atoms in total. The Labute approximate surface area is 118 Å². The largest absolute Gasteiger partial charge is 0.316 e. The van der Waals surface area contributed by atoms with Crippen LogP contribution in [0.3, 0.4) is 0 Å². The molecule has 1 aromatic carbocycles. The van der Waals surface area contributed by atoms with Crippen molar-refractivity contribution in [3.05, 3.63) is 28.2 Å². The van der Waals surface area contributed by atoms with Gasteiger partial charge in [0.2, 0.25) is 0 Å². The maximum atomic E-state index is 5.99. The van der Waals surface area contributed by atoms with Crippen LogP contribution in [0.5, 0.6) is 0 Å². The van der Waals surface area contributed by atoms with Crippen LogP contribution in [0, 0.1) is 5.92 Å². The summed E-state index contributed by atoms with van der Waals surface area (Å²) in [5.74, 6) is 1.72. The second-order valence-corrected chi connectivity index (χ2v) is 6.08. The van der Waals surface area contributed by atoms with Gasteiger partial charge in [0.25, 0.3) is 0 Å². The highest BCUT2D eigenvalue weighted by Crippen LogP contribution is 2.29. The van der Waals surface area contributed by atoms with E-state index in [1.54, 1.807) is 0 Å². The molecule has 2 atom stereocenters. The summed E-state index contributed by atoms with van der Waals surface area (Å²) in [6.07, 6.45) is 1.19. The third-order valence-corrected chi connectivity index (χ3v) is 4.87. The van der Waals surface area contributed by atoms with Gasteiger partial charge in [0.05, 0.1) is 10.0 Å². The molecule has 2 unspecified atom stereocenters. The Morgan fingerprint density at radius 2 is 2.00 bits per heavy atom. The zero-order valence-corrected chi connectivity index (χ0v) is 12.8. The van der Waals surface area contributed by atoms with E-state index in [0.29, 0.717) is 22.0 Å². The molecule has 0 aliphatic rings. The van der Waals surface area contributed by atoms with Crippen molar-refractivity contribution < 1.29 is 0 Å². The van der Waals surface area contributed by atoms with Crippen LogP contribution in [-0.4, -0.2) is 18.8 Å². The maximum Gasteiger partial charge on any atom is 0.0603 e. The van der Waals surface area contributed by atoms with Crippen LogP contribution in [0.1, 0.15) is 20.3 Å². The van der Waals surface area contributed by atoms with Crippen LogP contribution >= 0.6 is 35.0 Å². The molecule has 0 aromatic heterocycles. The average Bonchev–Trinajstić information content (AvgIpc) is 2.33. The van der Waals surface area contributed by atoms with Gasteiger partial charge in [0.1, 0.15) is 0 Å². The molecule has 0 heterocycles. The fourth-order valence-corrected chi connectivity index (χ4v) is 3.16. The van der Waals surface area contributed by atoms with Crippen LogP contribution < -0.4 is 5.32 Å². The van der Waals surface area contributed by atoms with Gasteiger partial charge in [0.15, 0.2) is 0 Å². The predicted octanol–water partition coefficient (Wildman–Crippen LogP) is 4.72. The molecule has 96 valence electrons. The van der Waals surface area contributed by atoms with Crippen LogP contribution in [0.15, 0.2) is 23.1 Å². The van der Waals surface area contributed by atoms with Gasteiger partial charge < -0.3 is 5.32 Å². The summed E-state index contributed by atoms with van der Waals surface area (Å²) in [5.41, 5.74) is 0. The topological polar surface area (TPSA) is 12.0 Å². The number of rotatable bonds is 6. The first kappa shape index (κ1) is 15.2. The molecule has 1 N–H and O–H groups in total. The number of benzene rings is 1. The average molecular weight is 292 g/mol. The van der Waals surface area contributed by atoms with Crippen LogP contribution in [0.25, 0.3) is 0 Å². The van der Waals surface area contributed by atoms with Crippen molar-refractivity contribution in [2.24, 2.45) is 5.92 Å². The summed E-state index contributed by atoms with van der Waals surface area (Å²) in [5, 5.41) is 4.61. The molecule has 0 bridgehead atoms. The SMILES string of the molecule is CCC(C)C(CSc1ccc(Cl)c(Cl)c1)NC. The minimum Gasteiger partial charge on any atom is -0.316 e. The van der Waals surface area contributed by atoms with Crippen LogP contribution in [-0.2, 0) is 0 Å². The first-order chi connectivity index (χ1) is 8.08. The van der Waals surface area contributed by atoms with Gasteiger partial charge in [-0.1, -0.05) is 43.5 Å². The molecule has 0 saturated carbocycles. The Morgan fingerprint density at radius 1 is 1.29 bits per heavy atom. The zero-order valence-electron chi connectivity index (χ0n) is 10.5. The van der Waals surface area contributed by atoms with E-state index in [1.165, 1.54) is 11.3 Å². The highest BCUT2D eigenvalue weighted by atomic mass is 35.5. The summed E-state index contributed by atoms with van der Waals surface area (Å²) in [6, 6.07) is 6.32. The number of hydrogen-bond acceptors (Lipinski definition) is 2. The zero-order chi connectivity index (χ0) is 12.8. The smallest absolute Gasteiger partial charge is 0.0603 e. The number of nitrogens with one attached hydrogen (secondary N) is 1. The lowest BCUT2D eigenvalue weighted by atomic mass is 10.0. The van der Waals surface area contributed by atoms with Gasteiger partial charge in [-0.05, 0) is 31.2 Å². The molecule has 0 aliphatic carbocycles. The van der Waals surface area contributed by atoms with Crippen molar-refractivity contribution in [1.82, 2.24) is 5.32 Å². The molecule has 0 fully saturated rings. The summed E-state index contributed by atoms with van der Waals surface area (Å²) in [4.78, 5) is 1.17. The highest BCUT2D eigenvalue weighted by molar-refractivity contribution is 7.99. The van der Waals surface area contributed by atoms with Gasteiger partial charge >= 0.3 is 0 Å². The van der Waals surface area contributed by atoms with E-state index in [0.717, 1.165) is 5.75 Å². The van der Waals surface area contributed by atoms with Crippen molar-refractivity contribution in [3.63, 3.8) is 0 Å². The summed E-state index contributed by atoms with van der Waals surface area (Å²) >= 11 is 13.7. The van der Waals surface area contributed by atoms with Crippen LogP contribution in [0.4, 0.5) is 0 Å². The molecule has 0 saturated heterocycles. The molecular formula is C13H19Cl2NS. The lowest BCUT2D eigenvalue weighted by Gasteiger charge is -2.22. The summed E-state index contributed by atoms with van der Waals surface area (Å²) < 4.78 is 0. The van der Waals surface area contributed by atoms with Crippen molar-refractivity contribution in [3.8, 4) is 0 Å². The van der Waals surface area contributed by atoms with Gasteiger partial charge in [-0.2, -0.15) is 0 Å². The molecule has 0 amide bonds. The number of halogens is 2. The van der Waals surface area contributed by atoms with E-state index in [4.69, 9.17) is 23.2 Å². The van der Waals surface area contributed by atoms with E-state index in [1.807, 2.05) is 37.0 Å². The second kappa shape index (κ2) is 7.52. The third kappa shape index (κ3) is 4.70. The van der Waals surface area contributed by atoms with Crippen LogP contribution in [0.2, 0.25) is 10.0 Å². The quantitative estimate of drug-likeness (QED) is 0.761. The van der Waals surface area contributed by atoms with E-state index < -0.39 is 0 Å². The predicted molar refractivity (Wildman–Crippen MR) is 79.5 cm³/mol. The Kier molecular flexibility index (Phi) is 6.71.